The Morgan fingerprint density at radius 3 is 1.98 bits per heavy atom. The number of carbonyl (C=O) groups is 1. The lowest BCUT2D eigenvalue weighted by atomic mass is 9.90. The summed E-state index contributed by atoms with van der Waals surface area (Å²) < 4.78 is 11.6. The fraction of sp³-hybridized carbons (Fsp3) is 0.286. The fourth-order valence-electron chi connectivity index (χ4n) is 5.02. The highest BCUT2D eigenvalue weighted by atomic mass is 16.5. The molecule has 208 valence electrons. The van der Waals surface area contributed by atoms with E-state index in [9.17, 15) is 4.79 Å². The van der Waals surface area contributed by atoms with Crippen molar-refractivity contribution < 1.29 is 14.3 Å². The SMILES string of the molecule is CCc1ccc(CN(CCCOc2cc(CC(N)=O)ccc2OC)CC(c2ccccc2)c2ccccc2)cc1. The number of ether oxygens (including phenoxy) is 2. The number of methoxy groups -OCH3 is 1. The number of nitrogens with zero attached hydrogens (tertiary/aromatic N) is 1. The van der Waals surface area contributed by atoms with Crippen molar-refractivity contribution in [3.05, 3.63) is 131 Å². The average molecular weight is 537 g/mol. The first-order valence-corrected chi connectivity index (χ1v) is 14.0. The maximum atomic E-state index is 11.4. The van der Waals surface area contributed by atoms with Gasteiger partial charge in [-0.2, -0.15) is 0 Å². The molecule has 0 bridgehead atoms. The normalized spacial score (nSPS) is 11.1. The summed E-state index contributed by atoms with van der Waals surface area (Å²) in [6.07, 6.45) is 2.05. The van der Waals surface area contributed by atoms with Crippen LogP contribution in [0.3, 0.4) is 0 Å². The number of nitrogens with two attached hydrogens (primary N) is 1. The first kappa shape index (κ1) is 28.9. The maximum absolute atomic E-state index is 11.4. The molecular weight excluding hydrogens is 496 g/mol. The van der Waals surface area contributed by atoms with Crippen molar-refractivity contribution in [2.45, 2.75) is 38.6 Å². The third kappa shape index (κ3) is 8.45. The summed E-state index contributed by atoms with van der Waals surface area (Å²) in [7, 11) is 1.62. The lowest BCUT2D eigenvalue weighted by Gasteiger charge is -2.28. The lowest BCUT2D eigenvalue weighted by molar-refractivity contribution is -0.117. The molecule has 2 N–H and O–H groups in total. The maximum Gasteiger partial charge on any atom is 0.221 e. The van der Waals surface area contributed by atoms with Gasteiger partial charge in [-0.05, 0) is 52.8 Å². The van der Waals surface area contributed by atoms with Crippen LogP contribution in [0, 0.1) is 0 Å². The Bertz CT molecular complexity index is 1280. The van der Waals surface area contributed by atoms with E-state index in [1.165, 1.54) is 22.3 Å². The average Bonchev–Trinajstić information content (AvgIpc) is 2.99. The summed E-state index contributed by atoms with van der Waals surface area (Å²) in [5.41, 5.74) is 11.5. The Balaban J connectivity index is 1.49. The second-order valence-electron chi connectivity index (χ2n) is 10.1. The van der Waals surface area contributed by atoms with Gasteiger partial charge in [-0.15, -0.1) is 0 Å². The van der Waals surface area contributed by atoms with E-state index in [1.807, 2.05) is 18.2 Å². The fourth-order valence-corrected chi connectivity index (χ4v) is 5.02. The topological polar surface area (TPSA) is 64.8 Å². The first-order chi connectivity index (χ1) is 19.6. The van der Waals surface area contributed by atoms with Crippen molar-refractivity contribution in [2.75, 3.05) is 26.8 Å². The molecule has 4 aromatic carbocycles. The highest BCUT2D eigenvalue weighted by Crippen LogP contribution is 2.29. The second-order valence-corrected chi connectivity index (χ2v) is 10.1. The second kappa shape index (κ2) is 14.9. The van der Waals surface area contributed by atoms with E-state index in [-0.39, 0.29) is 18.2 Å². The summed E-state index contributed by atoms with van der Waals surface area (Å²) in [5.74, 6) is 1.16. The summed E-state index contributed by atoms with van der Waals surface area (Å²) >= 11 is 0. The lowest BCUT2D eigenvalue weighted by Crippen LogP contribution is -2.30. The highest BCUT2D eigenvalue weighted by Gasteiger charge is 2.19. The Morgan fingerprint density at radius 2 is 1.40 bits per heavy atom. The summed E-state index contributed by atoms with van der Waals surface area (Å²) in [6, 6.07) is 36.0. The van der Waals surface area contributed by atoms with Crippen molar-refractivity contribution in [1.29, 1.82) is 0 Å². The molecular formula is C35H40N2O3. The van der Waals surface area contributed by atoms with Crippen LogP contribution in [0.2, 0.25) is 0 Å². The van der Waals surface area contributed by atoms with Crippen LogP contribution >= 0.6 is 0 Å². The standard InChI is InChI=1S/C35H40N2O3/c1-3-27-15-17-28(18-16-27)25-37(26-32(30-11-6-4-7-12-30)31-13-8-5-9-14-31)21-10-22-40-34-23-29(24-35(36)38)19-20-33(34)39-2/h4-9,11-20,23,32H,3,10,21-22,24-26H2,1-2H3,(H2,36,38). The molecule has 0 fully saturated rings. The minimum Gasteiger partial charge on any atom is -0.493 e. The van der Waals surface area contributed by atoms with Gasteiger partial charge in [0.15, 0.2) is 11.5 Å². The number of rotatable bonds is 15. The van der Waals surface area contributed by atoms with Crippen molar-refractivity contribution in [1.82, 2.24) is 4.90 Å². The van der Waals surface area contributed by atoms with Gasteiger partial charge in [0.2, 0.25) is 5.91 Å². The molecule has 0 heterocycles. The molecule has 0 atom stereocenters. The van der Waals surface area contributed by atoms with Crippen molar-refractivity contribution >= 4 is 5.91 Å². The van der Waals surface area contributed by atoms with E-state index in [0.717, 1.165) is 38.0 Å². The minimum atomic E-state index is -0.370. The Morgan fingerprint density at radius 1 is 0.800 bits per heavy atom. The number of benzene rings is 4. The van der Waals surface area contributed by atoms with Gasteiger partial charge in [0, 0.05) is 25.6 Å². The zero-order chi connectivity index (χ0) is 28.2. The molecule has 0 aliphatic rings. The van der Waals surface area contributed by atoms with E-state index in [4.69, 9.17) is 15.2 Å². The zero-order valence-electron chi connectivity index (χ0n) is 23.6. The Kier molecular flexibility index (Phi) is 10.8. The van der Waals surface area contributed by atoms with Gasteiger partial charge in [0.1, 0.15) is 0 Å². The van der Waals surface area contributed by atoms with Crippen LogP contribution in [0.15, 0.2) is 103 Å². The molecule has 0 aromatic heterocycles. The van der Waals surface area contributed by atoms with Gasteiger partial charge in [-0.25, -0.2) is 0 Å². The van der Waals surface area contributed by atoms with Crippen LogP contribution in [0.4, 0.5) is 0 Å². The van der Waals surface area contributed by atoms with E-state index in [0.29, 0.717) is 18.1 Å². The number of primary amides is 1. The van der Waals surface area contributed by atoms with Gasteiger partial charge in [-0.1, -0.05) is 97.9 Å². The molecule has 4 rings (SSSR count). The van der Waals surface area contributed by atoms with Gasteiger partial charge in [0.25, 0.3) is 0 Å². The number of aryl methyl sites for hydroxylation is 1. The molecule has 5 nitrogen and oxygen atoms in total. The largest absolute Gasteiger partial charge is 0.493 e. The smallest absolute Gasteiger partial charge is 0.221 e. The van der Waals surface area contributed by atoms with Crippen LogP contribution in [0.25, 0.3) is 0 Å². The van der Waals surface area contributed by atoms with Gasteiger partial charge >= 0.3 is 0 Å². The predicted octanol–water partition coefficient (Wildman–Crippen LogP) is 6.39. The van der Waals surface area contributed by atoms with E-state index < -0.39 is 0 Å². The number of amides is 1. The molecule has 0 saturated heterocycles. The monoisotopic (exact) mass is 536 g/mol. The van der Waals surface area contributed by atoms with E-state index >= 15 is 0 Å². The molecule has 0 spiro atoms. The van der Waals surface area contributed by atoms with Crippen LogP contribution in [0.5, 0.6) is 11.5 Å². The van der Waals surface area contributed by atoms with Crippen LogP contribution in [0.1, 0.15) is 47.1 Å². The number of hydrogen-bond donors (Lipinski definition) is 1. The Hall–Kier alpha value is -4.09. The third-order valence-corrected chi connectivity index (χ3v) is 7.16. The minimum absolute atomic E-state index is 0.172. The molecule has 5 heteroatoms. The van der Waals surface area contributed by atoms with Crippen molar-refractivity contribution in [3.8, 4) is 11.5 Å². The van der Waals surface area contributed by atoms with E-state index in [2.05, 4.69) is 96.8 Å². The molecule has 0 aliphatic carbocycles. The molecule has 1 amide bonds. The molecule has 0 unspecified atom stereocenters. The van der Waals surface area contributed by atoms with Crippen molar-refractivity contribution in [2.24, 2.45) is 5.73 Å². The van der Waals surface area contributed by atoms with Gasteiger partial charge in [-0.3, -0.25) is 9.69 Å². The summed E-state index contributed by atoms with van der Waals surface area (Å²) in [4.78, 5) is 13.9. The third-order valence-electron chi connectivity index (χ3n) is 7.16. The predicted molar refractivity (Wildman–Crippen MR) is 162 cm³/mol. The summed E-state index contributed by atoms with van der Waals surface area (Å²) in [5, 5.41) is 0. The molecule has 0 saturated carbocycles. The zero-order valence-corrected chi connectivity index (χ0v) is 23.6. The molecule has 4 aromatic rings. The Labute approximate surface area is 238 Å². The number of hydrogen-bond acceptors (Lipinski definition) is 4. The molecule has 40 heavy (non-hydrogen) atoms. The van der Waals surface area contributed by atoms with E-state index in [1.54, 1.807) is 7.11 Å². The molecule has 0 aliphatic heterocycles. The van der Waals surface area contributed by atoms with Gasteiger partial charge in [0.05, 0.1) is 20.1 Å². The van der Waals surface area contributed by atoms with Gasteiger partial charge < -0.3 is 15.2 Å². The van der Waals surface area contributed by atoms with Crippen LogP contribution < -0.4 is 15.2 Å². The summed E-state index contributed by atoms with van der Waals surface area (Å²) in [6.45, 7) is 5.33. The van der Waals surface area contributed by atoms with Crippen molar-refractivity contribution in [3.63, 3.8) is 0 Å². The highest BCUT2D eigenvalue weighted by molar-refractivity contribution is 5.76. The number of carbonyl (C=O) groups excluding carboxylic acids is 1. The van der Waals surface area contributed by atoms with Crippen LogP contribution in [-0.2, 0) is 24.2 Å². The van der Waals surface area contributed by atoms with Crippen LogP contribution in [-0.4, -0.2) is 37.6 Å². The first-order valence-electron chi connectivity index (χ1n) is 14.0. The quantitative estimate of drug-likeness (QED) is 0.179. The molecule has 0 radical (unpaired) electrons.